The third-order valence-corrected chi connectivity index (χ3v) is 5.56. The van der Waals surface area contributed by atoms with Gasteiger partial charge >= 0.3 is 10.1 Å². The highest BCUT2D eigenvalue weighted by Gasteiger charge is 2.21. The van der Waals surface area contributed by atoms with Gasteiger partial charge < -0.3 is 4.18 Å². The van der Waals surface area contributed by atoms with Gasteiger partial charge in [-0.2, -0.15) is 13.5 Å². The van der Waals surface area contributed by atoms with Crippen molar-refractivity contribution in [3.8, 4) is 5.75 Å². The number of para-hydroxylation sites is 1. The minimum atomic E-state index is -4.13. The Hall–Kier alpha value is -3.16. The molecule has 0 aromatic heterocycles. The number of amides is 1. The summed E-state index contributed by atoms with van der Waals surface area (Å²) >= 11 is 5.97. The first-order valence-corrected chi connectivity index (χ1v) is 10.4. The highest BCUT2D eigenvalue weighted by Crippen LogP contribution is 2.26. The summed E-state index contributed by atoms with van der Waals surface area (Å²) in [5.41, 5.74) is 3.65. The van der Waals surface area contributed by atoms with Crippen molar-refractivity contribution in [1.82, 2.24) is 5.43 Å². The predicted octanol–water partition coefficient (Wildman–Crippen LogP) is 3.80. The van der Waals surface area contributed by atoms with Gasteiger partial charge in [0, 0.05) is 5.56 Å². The van der Waals surface area contributed by atoms with Gasteiger partial charge in [0.2, 0.25) is 5.91 Å². The van der Waals surface area contributed by atoms with Crippen LogP contribution in [0.2, 0.25) is 5.02 Å². The van der Waals surface area contributed by atoms with E-state index in [-0.39, 0.29) is 28.0 Å². The average molecular weight is 429 g/mol. The monoisotopic (exact) mass is 428 g/mol. The number of carbonyl (C=O) groups excluding carboxylic acids is 1. The van der Waals surface area contributed by atoms with Crippen molar-refractivity contribution in [2.24, 2.45) is 5.10 Å². The van der Waals surface area contributed by atoms with Gasteiger partial charge in [0.25, 0.3) is 0 Å². The lowest BCUT2D eigenvalue weighted by atomic mass is 10.1. The zero-order valence-electron chi connectivity index (χ0n) is 15.2. The van der Waals surface area contributed by atoms with E-state index < -0.39 is 10.1 Å². The zero-order valence-corrected chi connectivity index (χ0v) is 16.7. The number of rotatable bonds is 7. The van der Waals surface area contributed by atoms with Crippen molar-refractivity contribution < 1.29 is 17.4 Å². The molecule has 0 heterocycles. The zero-order chi connectivity index (χ0) is 20.7. The Bertz CT molecular complexity index is 1130. The molecule has 3 aromatic carbocycles. The van der Waals surface area contributed by atoms with E-state index in [1.807, 2.05) is 30.3 Å². The number of benzene rings is 3. The van der Waals surface area contributed by atoms with Gasteiger partial charge in [-0.3, -0.25) is 4.79 Å². The Kier molecular flexibility index (Phi) is 6.64. The quantitative estimate of drug-likeness (QED) is 0.352. The normalized spacial score (nSPS) is 11.3. The molecule has 148 valence electrons. The Morgan fingerprint density at radius 1 is 0.966 bits per heavy atom. The molecule has 0 radical (unpaired) electrons. The van der Waals surface area contributed by atoms with E-state index in [4.69, 9.17) is 15.8 Å². The van der Waals surface area contributed by atoms with Crippen molar-refractivity contribution in [3.63, 3.8) is 0 Å². The van der Waals surface area contributed by atoms with Gasteiger partial charge in [0.15, 0.2) is 5.75 Å². The number of halogens is 1. The number of hydrogen-bond acceptors (Lipinski definition) is 5. The second-order valence-electron chi connectivity index (χ2n) is 5.96. The first kappa shape index (κ1) is 20.6. The summed E-state index contributed by atoms with van der Waals surface area (Å²) in [7, 11) is -4.13. The Balaban J connectivity index is 1.71. The van der Waals surface area contributed by atoms with Crippen LogP contribution in [-0.4, -0.2) is 20.5 Å². The van der Waals surface area contributed by atoms with Crippen LogP contribution in [0.25, 0.3) is 0 Å². The molecule has 1 amide bonds. The molecule has 0 saturated heterocycles. The molecule has 3 rings (SSSR count). The summed E-state index contributed by atoms with van der Waals surface area (Å²) < 4.78 is 30.3. The topological polar surface area (TPSA) is 84.8 Å². The molecule has 0 aliphatic heterocycles. The molecule has 8 heteroatoms. The molecule has 3 aromatic rings. The van der Waals surface area contributed by atoms with E-state index in [9.17, 15) is 13.2 Å². The van der Waals surface area contributed by atoms with Crippen LogP contribution in [0.1, 0.15) is 11.1 Å². The molecule has 0 aliphatic rings. The molecule has 29 heavy (non-hydrogen) atoms. The fraction of sp³-hybridized carbons (Fsp3) is 0.0476. The predicted molar refractivity (Wildman–Crippen MR) is 112 cm³/mol. The maximum Gasteiger partial charge on any atom is 0.340 e. The molecule has 0 fully saturated rings. The minimum absolute atomic E-state index is 0.0619. The van der Waals surface area contributed by atoms with Crippen molar-refractivity contribution in [3.05, 3.63) is 95.0 Å². The fourth-order valence-corrected chi connectivity index (χ4v) is 3.92. The molecule has 1 N–H and O–H groups in total. The van der Waals surface area contributed by atoms with Crippen LogP contribution in [0, 0.1) is 0 Å². The van der Waals surface area contributed by atoms with Crippen molar-refractivity contribution in [2.75, 3.05) is 0 Å². The smallest absolute Gasteiger partial charge is 0.340 e. The van der Waals surface area contributed by atoms with Gasteiger partial charge in [-0.15, -0.1) is 0 Å². The molecule has 0 atom stereocenters. The van der Waals surface area contributed by atoms with E-state index >= 15 is 0 Å². The van der Waals surface area contributed by atoms with Gasteiger partial charge in [-0.25, -0.2) is 5.43 Å². The second kappa shape index (κ2) is 9.36. The summed E-state index contributed by atoms with van der Waals surface area (Å²) in [5.74, 6) is -0.233. The van der Waals surface area contributed by atoms with Gasteiger partial charge in [-0.1, -0.05) is 66.2 Å². The molecule has 0 aliphatic carbocycles. The van der Waals surface area contributed by atoms with Crippen LogP contribution >= 0.6 is 11.6 Å². The lowest BCUT2D eigenvalue weighted by Crippen LogP contribution is -2.19. The van der Waals surface area contributed by atoms with E-state index in [1.165, 1.54) is 24.4 Å². The van der Waals surface area contributed by atoms with Gasteiger partial charge in [0.05, 0.1) is 17.7 Å². The number of hydrazone groups is 1. The summed E-state index contributed by atoms with van der Waals surface area (Å²) in [6, 6.07) is 21.7. The van der Waals surface area contributed by atoms with Crippen molar-refractivity contribution >= 4 is 33.8 Å². The van der Waals surface area contributed by atoms with Crippen molar-refractivity contribution in [2.45, 2.75) is 11.3 Å². The lowest BCUT2D eigenvalue weighted by molar-refractivity contribution is -0.120. The van der Waals surface area contributed by atoms with E-state index in [0.717, 1.165) is 5.56 Å². The maximum atomic E-state index is 12.5. The van der Waals surface area contributed by atoms with Gasteiger partial charge in [-0.05, 0) is 29.8 Å². The number of nitrogens with one attached hydrogen (secondary N) is 1. The standard InChI is InChI=1S/C21H17ClN2O4S/c22-18-11-5-7-13-20(18)29(26,27)28-19-12-6-4-10-17(19)15-23-24-21(25)14-16-8-2-1-3-9-16/h1-13,15H,14H2,(H,24,25). The third kappa shape index (κ3) is 5.66. The average Bonchev–Trinajstić information content (AvgIpc) is 2.70. The first-order valence-electron chi connectivity index (χ1n) is 8.59. The Morgan fingerprint density at radius 2 is 1.62 bits per heavy atom. The lowest BCUT2D eigenvalue weighted by Gasteiger charge is -2.10. The number of carbonyl (C=O) groups is 1. The van der Waals surface area contributed by atoms with E-state index in [0.29, 0.717) is 5.56 Å². The molecule has 0 spiro atoms. The SMILES string of the molecule is O=C(Cc1ccccc1)NN=Cc1ccccc1OS(=O)(=O)c1ccccc1Cl. The molecular formula is C21H17ClN2O4S. The number of hydrogen-bond donors (Lipinski definition) is 1. The molecular weight excluding hydrogens is 412 g/mol. The van der Waals surface area contributed by atoms with Crippen molar-refractivity contribution in [1.29, 1.82) is 0 Å². The molecule has 0 bridgehead atoms. The summed E-state index contributed by atoms with van der Waals surface area (Å²) in [4.78, 5) is 11.8. The van der Waals surface area contributed by atoms with E-state index in [1.54, 1.807) is 30.3 Å². The van der Waals surface area contributed by atoms with Crippen LogP contribution in [0.5, 0.6) is 5.75 Å². The summed E-state index contributed by atoms with van der Waals surface area (Å²) in [6.07, 6.45) is 1.50. The van der Waals surface area contributed by atoms with Gasteiger partial charge in [0.1, 0.15) is 4.90 Å². The van der Waals surface area contributed by atoms with Crippen LogP contribution in [0.3, 0.4) is 0 Å². The van der Waals surface area contributed by atoms with E-state index in [2.05, 4.69) is 10.5 Å². The highest BCUT2D eigenvalue weighted by molar-refractivity contribution is 7.87. The third-order valence-electron chi connectivity index (χ3n) is 3.82. The summed E-state index contributed by atoms with van der Waals surface area (Å²) in [6.45, 7) is 0. The van der Waals surface area contributed by atoms with Crippen LogP contribution in [0.15, 0.2) is 88.9 Å². The Morgan fingerprint density at radius 3 is 2.38 bits per heavy atom. The largest absolute Gasteiger partial charge is 0.378 e. The van der Waals surface area contributed by atoms with Crippen LogP contribution < -0.4 is 9.61 Å². The number of nitrogens with zero attached hydrogens (tertiary/aromatic N) is 1. The maximum absolute atomic E-state index is 12.5. The molecule has 0 saturated carbocycles. The summed E-state index contributed by atoms with van der Waals surface area (Å²) in [5, 5.41) is 3.96. The first-order chi connectivity index (χ1) is 14.0. The highest BCUT2D eigenvalue weighted by atomic mass is 35.5. The Labute approximate surface area is 173 Å². The fourth-order valence-electron chi connectivity index (χ4n) is 2.47. The molecule has 0 unspecified atom stereocenters. The van der Waals surface area contributed by atoms with Crippen LogP contribution in [-0.2, 0) is 21.3 Å². The second-order valence-corrected chi connectivity index (χ2v) is 7.88. The van der Waals surface area contributed by atoms with Crippen LogP contribution in [0.4, 0.5) is 0 Å². The molecule has 6 nitrogen and oxygen atoms in total. The minimum Gasteiger partial charge on any atom is -0.378 e.